The molecule has 30 heavy (non-hydrogen) atoms. The van der Waals surface area contributed by atoms with E-state index in [2.05, 4.69) is 25.3 Å². The van der Waals surface area contributed by atoms with Crippen molar-refractivity contribution in [2.24, 2.45) is 0 Å². The monoisotopic (exact) mass is 433 g/mol. The summed E-state index contributed by atoms with van der Waals surface area (Å²) in [6, 6.07) is 15.3. The number of aryl methyl sites for hydroxylation is 2. The van der Waals surface area contributed by atoms with Crippen LogP contribution in [0, 0.1) is 13.8 Å². The van der Waals surface area contributed by atoms with Crippen LogP contribution < -0.4 is 5.32 Å². The van der Waals surface area contributed by atoms with Crippen LogP contribution in [0.5, 0.6) is 0 Å². The standard InChI is InChI=1S/C22H19N5OS2/c1-14-11-15(2)25-22(24-14)30-18-8-6-16(7-9-18)26-20(28)12-17-13-29-21(27-17)19-5-3-4-10-23-19/h3-11,13H,12H2,1-2H3,(H,26,28). The van der Waals surface area contributed by atoms with Gasteiger partial charge in [-0.1, -0.05) is 6.07 Å². The molecule has 0 atom stereocenters. The molecule has 0 aliphatic carbocycles. The lowest BCUT2D eigenvalue weighted by molar-refractivity contribution is -0.115. The lowest BCUT2D eigenvalue weighted by atomic mass is 10.3. The van der Waals surface area contributed by atoms with Crippen LogP contribution in [-0.4, -0.2) is 25.8 Å². The zero-order chi connectivity index (χ0) is 20.9. The van der Waals surface area contributed by atoms with Gasteiger partial charge in [-0.15, -0.1) is 11.3 Å². The van der Waals surface area contributed by atoms with Gasteiger partial charge in [-0.05, 0) is 68.1 Å². The molecule has 0 spiro atoms. The smallest absolute Gasteiger partial charge is 0.230 e. The number of carbonyl (C=O) groups excluding carboxylic acids is 1. The van der Waals surface area contributed by atoms with Crippen LogP contribution >= 0.6 is 23.1 Å². The number of thiazole rings is 1. The molecule has 0 unspecified atom stereocenters. The van der Waals surface area contributed by atoms with Gasteiger partial charge in [-0.2, -0.15) is 0 Å². The molecule has 0 aliphatic rings. The molecule has 8 heteroatoms. The van der Waals surface area contributed by atoms with Gasteiger partial charge in [0.15, 0.2) is 5.16 Å². The Kier molecular flexibility index (Phi) is 6.15. The number of anilines is 1. The van der Waals surface area contributed by atoms with Crippen molar-refractivity contribution in [3.8, 4) is 10.7 Å². The van der Waals surface area contributed by atoms with Crippen molar-refractivity contribution in [3.63, 3.8) is 0 Å². The molecule has 0 fully saturated rings. The summed E-state index contributed by atoms with van der Waals surface area (Å²) in [4.78, 5) is 31.1. The summed E-state index contributed by atoms with van der Waals surface area (Å²) in [5, 5.41) is 6.35. The van der Waals surface area contributed by atoms with Gasteiger partial charge in [0, 0.05) is 33.5 Å². The first-order valence-electron chi connectivity index (χ1n) is 9.31. The Morgan fingerprint density at radius 1 is 1.03 bits per heavy atom. The molecule has 0 saturated carbocycles. The highest BCUT2D eigenvalue weighted by Gasteiger charge is 2.10. The zero-order valence-corrected chi connectivity index (χ0v) is 18.1. The molecule has 3 aromatic heterocycles. The molecule has 0 aliphatic heterocycles. The fourth-order valence-corrected chi connectivity index (χ4v) is 4.47. The number of hydrogen-bond acceptors (Lipinski definition) is 7. The highest BCUT2D eigenvalue weighted by atomic mass is 32.2. The Balaban J connectivity index is 1.35. The summed E-state index contributed by atoms with van der Waals surface area (Å²) < 4.78 is 0. The quantitative estimate of drug-likeness (QED) is 0.434. The molecule has 1 amide bonds. The summed E-state index contributed by atoms with van der Waals surface area (Å²) in [6.07, 6.45) is 1.95. The maximum atomic E-state index is 12.4. The summed E-state index contributed by atoms with van der Waals surface area (Å²) in [6.45, 7) is 3.91. The predicted octanol–water partition coefficient (Wildman–Crippen LogP) is 4.94. The summed E-state index contributed by atoms with van der Waals surface area (Å²) in [5.74, 6) is -0.106. The number of pyridine rings is 1. The highest BCUT2D eigenvalue weighted by molar-refractivity contribution is 7.99. The van der Waals surface area contributed by atoms with Gasteiger partial charge < -0.3 is 5.32 Å². The van der Waals surface area contributed by atoms with Gasteiger partial charge in [0.05, 0.1) is 17.8 Å². The number of rotatable bonds is 6. The van der Waals surface area contributed by atoms with Crippen molar-refractivity contribution in [2.75, 3.05) is 5.32 Å². The third kappa shape index (κ3) is 5.28. The van der Waals surface area contributed by atoms with Crippen LogP contribution in [0.15, 0.2) is 70.2 Å². The molecule has 1 aromatic carbocycles. The van der Waals surface area contributed by atoms with E-state index in [4.69, 9.17) is 0 Å². The molecule has 3 heterocycles. The molecule has 0 saturated heterocycles. The number of hydrogen-bond donors (Lipinski definition) is 1. The van der Waals surface area contributed by atoms with Crippen molar-refractivity contribution >= 4 is 34.7 Å². The van der Waals surface area contributed by atoms with E-state index in [-0.39, 0.29) is 12.3 Å². The fourth-order valence-electron chi connectivity index (χ4n) is 2.82. The molecule has 0 radical (unpaired) electrons. The minimum absolute atomic E-state index is 0.106. The van der Waals surface area contributed by atoms with Crippen molar-refractivity contribution in [1.29, 1.82) is 0 Å². The maximum absolute atomic E-state index is 12.4. The minimum Gasteiger partial charge on any atom is -0.326 e. The second-order valence-electron chi connectivity index (χ2n) is 6.64. The van der Waals surface area contributed by atoms with Gasteiger partial charge >= 0.3 is 0 Å². The van der Waals surface area contributed by atoms with Crippen LogP contribution in [-0.2, 0) is 11.2 Å². The average molecular weight is 434 g/mol. The fraction of sp³-hybridized carbons (Fsp3) is 0.136. The van der Waals surface area contributed by atoms with E-state index in [9.17, 15) is 4.79 Å². The molecular weight excluding hydrogens is 414 g/mol. The topological polar surface area (TPSA) is 80.7 Å². The summed E-state index contributed by atoms with van der Waals surface area (Å²) in [7, 11) is 0. The highest BCUT2D eigenvalue weighted by Crippen LogP contribution is 2.26. The number of aromatic nitrogens is 4. The van der Waals surface area contributed by atoms with E-state index in [1.54, 1.807) is 6.20 Å². The van der Waals surface area contributed by atoms with E-state index >= 15 is 0 Å². The van der Waals surface area contributed by atoms with Gasteiger partial charge in [-0.25, -0.2) is 15.0 Å². The number of nitrogens with one attached hydrogen (secondary N) is 1. The molecule has 0 bridgehead atoms. The Bertz CT molecular complexity index is 1140. The number of amides is 1. The first-order chi connectivity index (χ1) is 14.5. The lowest BCUT2D eigenvalue weighted by Gasteiger charge is -2.06. The van der Waals surface area contributed by atoms with Crippen molar-refractivity contribution in [1.82, 2.24) is 19.9 Å². The van der Waals surface area contributed by atoms with Crippen molar-refractivity contribution in [3.05, 3.63) is 77.2 Å². The van der Waals surface area contributed by atoms with E-state index in [1.165, 1.54) is 23.1 Å². The van der Waals surface area contributed by atoms with E-state index < -0.39 is 0 Å². The minimum atomic E-state index is -0.106. The third-order valence-corrected chi connectivity index (χ3v) is 5.87. The van der Waals surface area contributed by atoms with Crippen molar-refractivity contribution in [2.45, 2.75) is 30.3 Å². The van der Waals surface area contributed by atoms with E-state index in [1.807, 2.05) is 67.8 Å². The van der Waals surface area contributed by atoms with Crippen LogP contribution in [0.1, 0.15) is 17.1 Å². The first kappa shape index (κ1) is 20.2. The predicted molar refractivity (Wildman–Crippen MR) is 120 cm³/mol. The van der Waals surface area contributed by atoms with Crippen LogP contribution in [0.4, 0.5) is 5.69 Å². The molecule has 4 rings (SSSR count). The molecule has 1 N–H and O–H groups in total. The van der Waals surface area contributed by atoms with Crippen molar-refractivity contribution < 1.29 is 4.79 Å². The number of nitrogens with zero attached hydrogens (tertiary/aromatic N) is 4. The lowest BCUT2D eigenvalue weighted by Crippen LogP contribution is -2.14. The summed E-state index contributed by atoms with van der Waals surface area (Å²) in [5.41, 5.74) is 4.18. The Morgan fingerprint density at radius 3 is 2.50 bits per heavy atom. The molecular formula is C22H19N5OS2. The van der Waals surface area contributed by atoms with E-state index in [0.29, 0.717) is 0 Å². The Morgan fingerprint density at radius 2 is 1.80 bits per heavy atom. The van der Waals surface area contributed by atoms with E-state index in [0.717, 1.165) is 43.5 Å². The second kappa shape index (κ2) is 9.15. The Hall–Kier alpha value is -3.10. The normalized spacial score (nSPS) is 10.7. The average Bonchev–Trinajstić information content (AvgIpc) is 3.18. The SMILES string of the molecule is Cc1cc(C)nc(Sc2ccc(NC(=O)Cc3csc(-c4ccccn4)n3)cc2)n1. The number of benzene rings is 1. The maximum Gasteiger partial charge on any atom is 0.230 e. The molecule has 6 nitrogen and oxygen atoms in total. The first-order valence-corrected chi connectivity index (χ1v) is 11.0. The largest absolute Gasteiger partial charge is 0.326 e. The third-order valence-electron chi connectivity index (χ3n) is 4.09. The Labute approximate surface area is 182 Å². The molecule has 150 valence electrons. The van der Waals surface area contributed by atoms with Crippen LogP contribution in [0.2, 0.25) is 0 Å². The molecule has 4 aromatic rings. The van der Waals surface area contributed by atoms with Crippen LogP contribution in [0.25, 0.3) is 10.7 Å². The van der Waals surface area contributed by atoms with Gasteiger partial charge in [0.2, 0.25) is 5.91 Å². The summed E-state index contributed by atoms with van der Waals surface area (Å²) >= 11 is 2.98. The zero-order valence-electron chi connectivity index (χ0n) is 16.5. The van der Waals surface area contributed by atoms with Crippen LogP contribution in [0.3, 0.4) is 0 Å². The van der Waals surface area contributed by atoms with Gasteiger partial charge in [-0.3, -0.25) is 9.78 Å². The van der Waals surface area contributed by atoms with Gasteiger partial charge in [0.1, 0.15) is 5.01 Å². The second-order valence-corrected chi connectivity index (χ2v) is 8.54. The number of carbonyl (C=O) groups is 1. The van der Waals surface area contributed by atoms with Gasteiger partial charge in [0.25, 0.3) is 0 Å².